The molecule has 1 atom stereocenters. The number of nitrogens with one attached hydrogen (secondary N) is 2. The second-order valence-electron chi connectivity index (χ2n) is 8.50. The Hall–Kier alpha value is -3.82. The van der Waals surface area contributed by atoms with E-state index < -0.39 is 30.2 Å². The van der Waals surface area contributed by atoms with E-state index in [0.29, 0.717) is 16.5 Å². The van der Waals surface area contributed by atoms with E-state index in [1.54, 1.807) is 24.3 Å². The Kier molecular flexibility index (Phi) is 5.30. The molecule has 1 aliphatic heterocycles. The van der Waals surface area contributed by atoms with Gasteiger partial charge in [-0.2, -0.15) is 18.3 Å². The lowest BCUT2D eigenvalue weighted by molar-refractivity contribution is -0.183. The van der Waals surface area contributed by atoms with Gasteiger partial charge in [-0.05, 0) is 55.5 Å². The van der Waals surface area contributed by atoms with Gasteiger partial charge in [0, 0.05) is 23.8 Å². The van der Waals surface area contributed by atoms with E-state index in [2.05, 4.69) is 15.5 Å². The number of amides is 1. The summed E-state index contributed by atoms with van der Waals surface area (Å²) in [6, 6.07) is 10.9. The molecule has 5 rings (SSSR count). The third kappa shape index (κ3) is 3.89. The first-order valence-corrected chi connectivity index (χ1v) is 10.9. The Bertz CT molecular complexity index is 1460. The number of rotatable bonds is 4. The van der Waals surface area contributed by atoms with Crippen molar-refractivity contribution in [1.29, 1.82) is 0 Å². The molecule has 0 saturated carbocycles. The van der Waals surface area contributed by atoms with Crippen molar-refractivity contribution in [1.82, 2.24) is 19.7 Å². The number of nitrogens with zero attached hydrogens (tertiary/aromatic N) is 3. The smallest absolute Gasteiger partial charge is 0.355 e. The maximum Gasteiger partial charge on any atom is 0.408 e. The molecular formula is C24H22F3N5O2. The number of carbonyl (C=O) groups excluding carboxylic acids is 1. The Balaban J connectivity index is 1.47. The highest BCUT2D eigenvalue weighted by Crippen LogP contribution is 2.33. The summed E-state index contributed by atoms with van der Waals surface area (Å²) < 4.78 is 41.0. The number of anilines is 2. The molecule has 176 valence electrons. The van der Waals surface area contributed by atoms with Crippen molar-refractivity contribution < 1.29 is 18.0 Å². The number of likely N-dealkylation sites (tertiary alicyclic amines) is 1. The lowest BCUT2D eigenvalue weighted by Gasteiger charge is -2.26. The van der Waals surface area contributed by atoms with Crippen molar-refractivity contribution >= 4 is 39.0 Å². The number of H-pyrrole nitrogens is 1. The predicted octanol–water partition coefficient (Wildman–Crippen LogP) is 4.48. The van der Waals surface area contributed by atoms with Crippen LogP contribution in [-0.4, -0.2) is 44.3 Å². The summed E-state index contributed by atoms with van der Waals surface area (Å²) in [5.74, 6) is -0.716. The molecule has 7 nitrogen and oxygen atoms in total. The second kappa shape index (κ2) is 8.19. The highest BCUT2D eigenvalue weighted by atomic mass is 19.4. The third-order valence-electron chi connectivity index (χ3n) is 6.29. The fourth-order valence-electron chi connectivity index (χ4n) is 4.59. The number of aromatic nitrogens is 3. The van der Waals surface area contributed by atoms with Crippen LogP contribution in [0.4, 0.5) is 24.5 Å². The predicted molar refractivity (Wildman–Crippen MR) is 123 cm³/mol. The Morgan fingerprint density at radius 1 is 1.24 bits per heavy atom. The van der Waals surface area contributed by atoms with Gasteiger partial charge in [0.15, 0.2) is 0 Å². The first-order valence-electron chi connectivity index (χ1n) is 10.9. The van der Waals surface area contributed by atoms with E-state index in [-0.39, 0.29) is 19.4 Å². The topological polar surface area (TPSA) is 83.0 Å². The summed E-state index contributed by atoms with van der Waals surface area (Å²) in [7, 11) is 0. The maximum absolute atomic E-state index is 13.3. The van der Waals surface area contributed by atoms with E-state index in [0.717, 1.165) is 27.2 Å². The van der Waals surface area contributed by atoms with Gasteiger partial charge < -0.3 is 14.8 Å². The molecule has 0 bridgehead atoms. The zero-order chi connectivity index (χ0) is 24.0. The average Bonchev–Trinajstić information content (AvgIpc) is 3.43. The SMILES string of the molecule is Cc1n[nH]c2cc(Nc3cccc4ccn(CC(=O)N5CCC[C@H]5C(F)(F)F)c(=O)c34)ccc12. The third-order valence-corrected chi connectivity index (χ3v) is 6.29. The zero-order valence-electron chi connectivity index (χ0n) is 18.3. The number of halogens is 3. The number of carbonyl (C=O) groups is 1. The van der Waals surface area contributed by atoms with Gasteiger partial charge in [-0.1, -0.05) is 12.1 Å². The maximum atomic E-state index is 13.3. The van der Waals surface area contributed by atoms with E-state index in [4.69, 9.17) is 0 Å². The van der Waals surface area contributed by atoms with Crippen LogP contribution >= 0.6 is 0 Å². The number of pyridine rings is 1. The number of benzene rings is 2. The first-order chi connectivity index (χ1) is 16.2. The van der Waals surface area contributed by atoms with Gasteiger partial charge in [-0.3, -0.25) is 14.7 Å². The van der Waals surface area contributed by atoms with Gasteiger partial charge in [-0.25, -0.2) is 0 Å². The molecule has 0 unspecified atom stereocenters. The molecule has 0 spiro atoms. The van der Waals surface area contributed by atoms with Gasteiger partial charge in [0.1, 0.15) is 12.6 Å². The fraction of sp³-hybridized carbons (Fsp3) is 0.292. The van der Waals surface area contributed by atoms with Crippen molar-refractivity contribution in [2.45, 2.75) is 38.5 Å². The number of alkyl halides is 3. The zero-order valence-corrected chi connectivity index (χ0v) is 18.3. The molecule has 0 aliphatic carbocycles. The van der Waals surface area contributed by atoms with Crippen LogP contribution in [0.15, 0.2) is 53.5 Å². The van der Waals surface area contributed by atoms with E-state index >= 15 is 0 Å². The van der Waals surface area contributed by atoms with Crippen molar-refractivity contribution in [2.24, 2.45) is 0 Å². The number of fused-ring (bicyclic) bond motifs is 2. The van der Waals surface area contributed by atoms with E-state index in [9.17, 15) is 22.8 Å². The first kappa shape index (κ1) is 22.0. The molecule has 0 radical (unpaired) electrons. The lowest BCUT2D eigenvalue weighted by Crippen LogP contribution is -2.46. The monoisotopic (exact) mass is 469 g/mol. The number of aryl methyl sites for hydroxylation is 1. The minimum absolute atomic E-state index is 0.0354. The minimum Gasteiger partial charge on any atom is -0.355 e. The Labute approximate surface area is 192 Å². The Morgan fingerprint density at radius 2 is 2.06 bits per heavy atom. The molecular weight excluding hydrogens is 447 g/mol. The van der Waals surface area contributed by atoms with Gasteiger partial charge in [0.2, 0.25) is 5.91 Å². The minimum atomic E-state index is -4.48. The number of aromatic amines is 1. The van der Waals surface area contributed by atoms with Crippen LogP contribution < -0.4 is 10.9 Å². The summed E-state index contributed by atoms with van der Waals surface area (Å²) in [5.41, 5.74) is 2.55. The van der Waals surface area contributed by atoms with Crippen molar-refractivity contribution in [3.8, 4) is 0 Å². The molecule has 10 heteroatoms. The van der Waals surface area contributed by atoms with Gasteiger partial charge in [-0.15, -0.1) is 0 Å². The van der Waals surface area contributed by atoms with Crippen molar-refractivity contribution in [3.63, 3.8) is 0 Å². The molecule has 1 saturated heterocycles. The summed E-state index contributed by atoms with van der Waals surface area (Å²) in [6.07, 6.45) is -2.86. The molecule has 2 N–H and O–H groups in total. The van der Waals surface area contributed by atoms with Gasteiger partial charge in [0.25, 0.3) is 5.56 Å². The van der Waals surface area contributed by atoms with Crippen LogP contribution in [0.3, 0.4) is 0 Å². The molecule has 3 heterocycles. The molecule has 34 heavy (non-hydrogen) atoms. The Morgan fingerprint density at radius 3 is 2.85 bits per heavy atom. The van der Waals surface area contributed by atoms with Crippen LogP contribution in [0.25, 0.3) is 21.7 Å². The van der Waals surface area contributed by atoms with Crippen molar-refractivity contribution in [3.05, 3.63) is 64.7 Å². The summed E-state index contributed by atoms with van der Waals surface area (Å²) in [4.78, 5) is 26.8. The molecule has 1 fully saturated rings. The van der Waals surface area contributed by atoms with Gasteiger partial charge in [0.05, 0.1) is 22.3 Å². The van der Waals surface area contributed by atoms with Crippen LogP contribution in [0.2, 0.25) is 0 Å². The molecule has 1 aliphatic rings. The van der Waals surface area contributed by atoms with E-state index in [1.165, 1.54) is 10.8 Å². The van der Waals surface area contributed by atoms with Crippen LogP contribution in [0, 0.1) is 6.92 Å². The van der Waals surface area contributed by atoms with Gasteiger partial charge >= 0.3 is 6.18 Å². The van der Waals surface area contributed by atoms with E-state index in [1.807, 2.05) is 25.1 Å². The highest BCUT2D eigenvalue weighted by molar-refractivity contribution is 5.95. The highest BCUT2D eigenvalue weighted by Gasteiger charge is 2.47. The largest absolute Gasteiger partial charge is 0.408 e. The number of hydrogen-bond acceptors (Lipinski definition) is 4. The lowest BCUT2D eigenvalue weighted by atomic mass is 10.1. The molecule has 4 aromatic rings. The molecule has 2 aromatic heterocycles. The quantitative estimate of drug-likeness (QED) is 0.462. The molecule has 2 aromatic carbocycles. The summed E-state index contributed by atoms with van der Waals surface area (Å²) in [5, 5.41) is 12.4. The summed E-state index contributed by atoms with van der Waals surface area (Å²) in [6.45, 7) is 1.49. The molecule has 1 amide bonds. The normalized spacial score (nSPS) is 16.5. The fourth-order valence-corrected chi connectivity index (χ4v) is 4.59. The van der Waals surface area contributed by atoms with Crippen LogP contribution in [0.5, 0.6) is 0 Å². The number of hydrogen-bond donors (Lipinski definition) is 2. The van der Waals surface area contributed by atoms with Crippen LogP contribution in [0.1, 0.15) is 18.5 Å². The average molecular weight is 469 g/mol. The second-order valence-corrected chi connectivity index (χ2v) is 8.50. The standard InChI is InChI=1S/C24H22F3N5O2/c1-14-17-8-7-16(12-19(17)30-29-14)28-18-5-2-4-15-9-11-31(23(34)22(15)18)13-21(33)32-10-3-6-20(32)24(25,26)27/h2,4-5,7-9,11-12,20,28H,3,6,10,13H2,1H3,(H,29,30)/t20-/m0/s1. The van der Waals surface area contributed by atoms with Crippen LogP contribution in [-0.2, 0) is 11.3 Å². The summed E-state index contributed by atoms with van der Waals surface area (Å²) >= 11 is 0. The van der Waals surface area contributed by atoms with Crippen molar-refractivity contribution in [2.75, 3.05) is 11.9 Å².